The van der Waals surface area contributed by atoms with Gasteiger partial charge in [0.25, 0.3) is 40.5 Å². The van der Waals surface area contributed by atoms with Crippen molar-refractivity contribution < 1.29 is 51.9 Å². The Morgan fingerprint density at radius 1 is 0.440 bits per heavy atom. The van der Waals surface area contributed by atoms with Crippen LogP contribution in [0.1, 0.15) is 11.1 Å². The SMILES string of the molecule is O=S(=O)(O)c1ccc(NC(=S)Nc2ccc(/C=C/c3ccc(NC(=S)Nc4ccc(S(=O)(=O)O)cc4)cc3S(=O)(=O)O)c(S(=O)(=O)O)c2)cc1. The molecule has 0 saturated carbocycles. The lowest BCUT2D eigenvalue weighted by atomic mass is 10.1. The average molecular weight is 801 g/mol. The molecule has 4 aromatic carbocycles. The molecule has 4 aromatic rings. The van der Waals surface area contributed by atoms with Gasteiger partial charge in [0.2, 0.25) is 0 Å². The predicted octanol–water partition coefficient (Wildman–Crippen LogP) is 4.46. The standard InChI is InChI=1S/C28H24N4O12S6/c33-47(34,35)23-11-7-19(8-12-23)29-27(45)31-21-5-3-17(25(15-21)49(39,40)41)1-2-18-4-6-22(16-26(18)50(42,43)44)32-28(46)30-20-9-13-24(14-10-20)48(36,37)38/h1-16H,(H2,29,31,45)(H2,30,32,46)(H,33,34,35)(H,36,37,38)(H,39,40,41)(H,42,43,44)/b2-1+. The van der Waals surface area contributed by atoms with E-state index >= 15 is 0 Å². The van der Waals surface area contributed by atoms with Crippen LogP contribution >= 0.6 is 24.4 Å². The van der Waals surface area contributed by atoms with E-state index < -0.39 is 50.3 Å². The number of hydrogen-bond donors (Lipinski definition) is 8. The minimum absolute atomic E-state index is 0.0505. The van der Waals surface area contributed by atoms with Crippen molar-refractivity contribution in [3.63, 3.8) is 0 Å². The van der Waals surface area contributed by atoms with E-state index in [1.54, 1.807) is 0 Å². The highest BCUT2D eigenvalue weighted by molar-refractivity contribution is 7.86. The van der Waals surface area contributed by atoms with E-state index in [2.05, 4.69) is 21.3 Å². The first-order valence-corrected chi connectivity index (χ1v) is 19.9. The van der Waals surface area contributed by atoms with E-state index in [9.17, 15) is 42.8 Å². The van der Waals surface area contributed by atoms with Crippen LogP contribution in [-0.2, 0) is 40.5 Å². The molecule has 0 spiro atoms. The fraction of sp³-hybridized carbons (Fsp3) is 0. The van der Waals surface area contributed by atoms with E-state index in [0.29, 0.717) is 11.4 Å². The normalized spacial score (nSPS) is 12.3. The minimum atomic E-state index is -4.84. The minimum Gasteiger partial charge on any atom is -0.332 e. The van der Waals surface area contributed by atoms with Crippen molar-refractivity contribution in [2.24, 2.45) is 0 Å². The summed E-state index contributed by atoms with van der Waals surface area (Å²) >= 11 is 10.4. The molecule has 0 radical (unpaired) electrons. The predicted molar refractivity (Wildman–Crippen MR) is 194 cm³/mol. The molecule has 8 N–H and O–H groups in total. The van der Waals surface area contributed by atoms with Gasteiger partial charge in [-0.3, -0.25) is 18.2 Å². The van der Waals surface area contributed by atoms with Crippen molar-refractivity contribution >= 4 is 110 Å². The molecule has 0 amide bonds. The van der Waals surface area contributed by atoms with Crippen LogP contribution in [0, 0.1) is 0 Å². The third kappa shape index (κ3) is 10.6. The summed E-state index contributed by atoms with van der Waals surface area (Å²) in [6.45, 7) is 0. The summed E-state index contributed by atoms with van der Waals surface area (Å²) in [5.41, 5.74) is 0.709. The van der Waals surface area contributed by atoms with Gasteiger partial charge in [-0.05, 0) is 108 Å². The average Bonchev–Trinajstić information content (AvgIpc) is 2.99. The number of benzene rings is 4. The third-order valence-electron chi connectivity index (χ3n) is 6.36. The molecule has 264 valence electrons. The van der Waals surface area contributed by atoms with Gasteiger partial charge in [0.05, 0.1) is 9.79 Å². The van der Waals surface area contributed by atoms with Gasteiger partial charge in [-0.2, -0.15) is 33.7 Å². The molecular formula is C28H24N4O12S6. The molecule has 0 saturated heterocycles. The molecule has 0 fully saturated rings. The van der Waals surface area contributed by atoms with E-state index in [-0.39, 0.29) is 42.5 Å². The number of anilines is 4. The summed E-state index contributed by atoms with van der Waals surface area (Å²) in [6.07, 6.45) is 2.36. The molecule has 0 aromatic heterocycles. The molecule has 0 bridgehead atoms. The fourth-order valence-corrected chi connectivity index (χ4v) is 6.98. The number of hydrogen-bond acceptors (Lipinski definition) is 10. The summed E-state index contributed by atoms with van der Waals surface area (Å²) in [7, 11) is -18.5. The van der Waals surface area contributed by atoms with E-state index in [1.165, 1.54) is 60.7 Å². The molecule has 0 unspecified atom stereocenters. The van der Waals surface area contributed by atoms with E-state index in [4.69, 9.17) is 33.5 Å². The molecule has 0 heterocycles. The lowest BCUT2D eigenvalue weighted by molar-refractivity contribution is 0.480. The van der Waals surface area contributed by atoms with E-state index in [1.807, 2.05) is 0 Å². The van der Waals surface area contributed by atoms with Crippen LogP contribution in [0.2, 0.25) is 0 Å². The van der Waals surface area contributed by atoms with Gasteiger partial charge < -0.3 is 21.3 Å². The summed E-state index contributed by atoms with van der Waals surface area (Å²) in [5.74, 6) is 0. The maximum Gasteiger partial charge on any atom is 0.295 e. The quantitative estimate of drug-likeness (QED) is 0.0625. The monoisotopic (exact) mass is 800 g/mol. The first-order valence-electron chi connectivity index (χ1n) is 13.3. The van der Waals surface area contributed by atoms with Crippen LogP contribution in [0.5, 0.6) is 0 Å². The maximum absolute atomic E-state index is 12.2. The second-order valence-electron chi connectivity index (χ2n) is 9.95. The van der Waals surface area contributed by atoms with Gasteiger partial charge in [-0.25, -0.2) is 0 Å². The van der Waals surface area contributed by atoms with Gasteiger partial charge in [-0.1, -0.05) is 24.3 Å². The molecule has 0 aliphatic rings. The van der Waals surface area contributed by atoms with Crippen molar-refractivity contribution in [2.45, 2.75) is 19.6 Å². The molecule has 0 atom stereocenters. The Morgan fingerprint density at radius 3 is 1.00 bits per heavy atom. The van der Waals surface area contributed by atoms with Crippen LogP contribution in [-0.4, -0.2) is 62.1 Å². The largest absolute Gasteiger partial charge is 0.332 e. The maximum atomic E-state index is 12.2. The van der Waals surface area contributed by atoms with Gasteiger partial charge in [0, 0.05) is 22.7 Å². The van der Waals surface area contributed by atoms with Gasteiger partial charge in [0.1, 0.15) is 9.79 Å². The summed E-state index contributed by atoms with van der Waals surface area (Å²) in [6, 6.07) is 17.2. The molecule has 4 rings (SSSR count). The van der Waals surface area contributed by atoms with Gasteiger partial charge >= 0.3 is 0 Å². The van der Waals surface area contributed by atoms with Crippen LogP contribution in [0.3, 0.4) is 0 Å². The van der Waals surface area contributed by atoms with Crippen molar-refractivity contribution in [1.29, 1.82) is 0 Å². The second kappa shape index (κ2) is 14.9. The highest BCUT2D eigenvalue weighted by atomic mass is 32.2. The van der Waals surface area contributed by atoms with Crippen molar-refractivity contribution in [1.82, 2.24) is 0 Å². The van der Waals surface area contributed by atoms with Crippen LogP contribution < -0.4 is 21.3 Å². The molecular weight excluding hydrogens is 777 g/mol. The first-order chi connectivity index (χ1) is 23.1. The molecule has 50 heavy (non-hydrogen) atoms. The van der Waals surface area contributed by atoms with Gasteiger partial charge in [0.15, 0.2) is 10.2 Å². The van der Waals surface area contributed by atoms with Crippen LogP contribution in [0.15, 0.2) is 105 Å². The first kappa shape index (κ1) is 38.4. The Kier molecular flexibility index (Phi) is 11.4. The van der Waals surface area contributed by atoms with Crippen molar-refractivity contribution in [3.05, 3.63) is 96.1 Å². The number of nitrogens with one attached hydrogen (secondary N) is 4. The van der Waals surface area contributed by atoms with Crippen molar-refractivity contribution in [2.75, 3.05) is 21.3 Å². The molecule has 16 nitrogen and oxygen atoms in total. The Balaban J connectivity index is 1.53. The Morgan fingerprint density at radius 2 is 0.720 bits per heavy atom. The smallest absolute Gasteiger partial charge is 0.295 e. The topological polar surface area (TPSA) is 266 Å². The zero-order valence-electron chi connectivity index (χ0n) is 24.7. The number of rotatable bonds is 10. The number of thiocarbonyl (C=S) groups is 2. The Labute approximate surface area is 297 Å². The van der Waals surface area contributed by atoms with Gasteiger partial charge in [-0.15, -0.1) is 0 Å². The second-order valence-corrected chi connectivity index (χ2v) is 16.4. The lowest BCUT2D eigenvalue weighted by Gasteiger charge is -2.13. The molecule has 0 aliphatic heterocycles. The van der Waals surface area contributed by atoms with Crippen LogP contribution in [0.25, 0.3) is 12.2 Å². The summed E-state index contributed by atoms with van der Waals surface area (Å²) < 4.78 is 132. The Hall–Kier alpha value is -4.36. The fourth-order valence-electron chi connectivity index (χ4n) is 4.13. The van der Waals surface area contributed by atoms with Crippen molar-refractivity contribution in [3.8, 4) is 0 Å². The van der Waals surface area contributed by atoms with Crippen LogP contribution in [0.4, 0.5) is 22.7 Å². The van der Waals surface area contributed by atoms with E-state index in [0.717, 1.165) is 36.4 Å². The zero-order valence-corrected chi connectivity index (χ0v) is 29.6. The summed E-state index contributed by atoms with van der Waals surface area (Å²) in [4.78, 5) is -1.87. The Bertz CT molecular complexity index is 2280. The molecule has 0 aliphatic carbocycles. The highest BCUT2D eigenvalue weighted by Gasteiger charge is 2.18. The lowest BCUT2D eigenvalue weighted by Crippen LogP contribution is -2.19. The molecule has 22 heteroatoms. The third-order valence-corrected chi connectivity index (χ3v) is 10.3. The zero-order chi connectivity index (χ0) is 37.1. The summed E-state index contributed by atoms with van der Waals surface area (Å²) in [5, 5.41) is 10.8. The highest BCUT2D eigenvalue weighted by Crippen LogP contribution is 2.27.